The van der Waals surface area contributed by atoms with Gasteiger partial charge in [-0.15, -0.1) is 0 Å². The molecule has 4 nitrogen and oxygen atoms in total. The van der Waals surface area contributed by atoms with Crippen molar-refractivity contribution in [3.63, 3.8) is 0 Å². The van der Waals surface area contributed by atoms with E-state index in [2.05, 4.69) is 15.9 Å². The van der Waals surface area contributed by atoms with E-state index in [1.807, 2.05) is 29.2 Å². The Morgan fingerprint density at radius 2 is 2.16 bits per heavy atom. The summed E-state index contributed by atoms with van der Waals surface area (Å²) in [6.07, 6.45) is 1.75. The minimum atomic E-state index is 0.0170. The number of aliphatic hydroxyl groups excluding tert-OH is 1. The highest BCUT2D eigenvalue weighted by Gasteiger charge is 2.25. The van der Waals surface area contributed by atoms with E-state index in [4.69, 9.17) is 9.84 Å². The minimum absolute atomic E-state index is 0.0170. The number of halogens is 1. The van der Waals surface area contributed by atoms with Gasteiger partial charge < -0.3 is 14.7 Å². The predicted octanol–water partition coefficient (Wildman–Crippen LogP) is 2.06. The lowest BCUT2D eigenvalue weighted by Gasteiger charge is -2.16. The van der Waals surface area contributed by atoms with Crippen LogP contribution in [0.3, 0.4) is 0 Å². The maximum atomic E-state index is 12.0. The maximum Gasteiger partial charge on any atom is 0.260 e. The Hall–Kier alpha value is -1.07. The average Bonchev–Trinajstić information content (AvgIpc) is 2.87. The first-order valence-electron chi connectivity index (χ1n) is 6.46. The third kappa shape index (κ3) is 4.21. The molecule has 0 aromatic heterocycles. The summed E-state index contributed by atoms with van der Waals surface area (Å²) >= 11 is 3.35. The van der Waals surface area contributed by atoms with Gasteiger partial charge in [0.05, 0.1) is 0 Å². The van der Waals surface area contributed by atoms with Gasteiger partial charge in [-0.1, -0.05) is 15.9 Å². The fourth-order valence-corrected chi connectivity index (χ4v) is 2.51. The van der Waals surface area contributed by atoms with Crippen molar-refractivity contribution in [3.05, 3.63) is 28.7 Å². The molecule has 0 saturated carbocycles. The van der Waals surface area contributed by atoms with Crippen LogP contribution >= 0.6 is 15.9 Å². The molecule has 1 fully saturated rings. The third-order valence-corrected chi connectivity index (χ3v) is 3.88. The fraction of sp³-hybridized carbons (Fsp3) is 0.500. The second kappa shape index (κ2) is 6.91. The maximum absolute atomic E-state index is 12.0. The number of rotatable bonds is 5. The number of nitrogens with zero attached hydrogens (tertiary/aromatic N) is 1. The Bertz CT molecular complexity index is 421. The van der Waals surface area contributed by atoms with E-state index < -0.39 is 0 Å². The molecule has 1 atom stereocenters. The van der Waals surface area contributed by atoms with E-state index in [1.165, 1.54) is 0 Å². The molecule has 0 bridgehead atoms. The summed E-state index contributed by atoms with van der Waals surface area (Å²) in [6.45, 7) is 1.78. The van der Waals surface area contributed by atoms with Gasteiger partial charge in [0.2, 0.25) is 0 Å². The van der Waals surface area contributed by atoms with Gasteiger partial charge in [0.1, 0.15) is 5.75 Å². The van der Waals surface area contributed by atoms with Gasteiger partial charge in [0.15, 0.2) is 6.61 Å². The second-order valence-corrected chi connectivity index (χ2v) is 5.67. The molecule has 0 radical (unpaired) electrons. The quantitative estimate of drug-likeness (QED) is 0.900. The van der Waals surface area contributed by atoms with Gasteiger partial charge in [-0.2, -0.15) is 0 Å². The number of ether oxygens (including phenoxy) is 1. The Morgan fingerprint density at radius 1 is 1.42 bits per heavy atom. The number of hydrogen-bond acceptors (Lipinski definition) is 3. The van der Waals surface area contributed by atoms with E-state index in [1.54, 1.807) is 0 Å². The summed E-state index contributed by atoms with van der Waals surface area (Å²) < 4.78 is 6.45. The largest absolute Gasteiger partial charge is 0.484 e. The van der Waals surface area contributed by atoms with E-state index in [0.717, 1.165) is 30.4 Å². The second-order valence-electron chi connectivity index (χ2n) is 4.75. The van der Waals surface area contributed by atoms with Gasteiger partial charge in [-0.25, -0.2) is 0 Å². The zero-order valence-corrected chi connectivity index (χ0v) is 12.3. The molecular formula is C14H18BrNO3. The number of aliphatic hydroxyl groups is 1. The number of carbonyl (C=O) groups excluding carboxylic acids is 1. The van der Waals surface area contributed by atoms with Crippen LogP contribution in [0.2, 0.25) is 0 Å². The molecule has 5 heteroatoms. The summed E-state index contributed by atoms with van der Waals surface area (Å²) in [5.41, 5.74) is 0. The summed E-state index contributed by atoms with van der Waals surface area (Å²) in [5, 5.41) is 8.89. The first-order chi connectivity index (χ1) is 9.19. The number of hydrogen-bond donors (Lipinski definition) is 1. The van der Waals surface area contributed by atoms with Crippen molar-refractivity contribution in [2.24, 2.45) is 5.92 Å². The summed E-state index contributed by atoms with van der Waals surface area (Å²) in [4.78, 5) is 13.8. The molecule has 1 amide bonds. The fourth-order valence-electron chi connectivity index (χ4n) is 2.24. The zero-order chi connectivity index (χ0) is 13.7. The third-order valence-electron chi connectivity index (χ3n) is 3.35. The Labute approximate surface area is 121 Å². The summed E-state index contributed by atoms with van der Waals surface area (Å²) in [6, 6.07) is 7.42. The molecule has 1 aromatic rings. The van der Waals surface area contributed by atoms with Crippen molar-refractivity contribution >= 4 is 21.8 Å². The normalized spacial score (nSPS) is 18.6. The predicted molar refractivity (Wildman–Crippen MR) is 76.0 cm³/mol. The van der Waals surface area contributed by atoms with Crippen molar-refractivity contribution in [1.29, 1.82) is 0 Å². The first-order valence-corrected chi connectivity index (χ1v) is 7.25. The molecular weight excluding hydrogens is 310 g/mol. The van der Waals surface area contributed by atoms with Crippen LogP contribution in [0.4, 0.5) is 0 Å². The van der Waals surface area contributed by atoms with Crippen LogP contribution in [0.25, 0.3) is 0 Å². The minimum Gasteiger partial charge on any atom is -0.484 e. The smallest absolute Gasteiger partial charge is 0.260 e. The highest BCUT2D eigenvalue weighted by Crippen LogP contribution is 2.20. The Kier molecular flexibility index (Phi) is 5.22. The van der Waals surface area contributed by atoms with E-state index in [-0.39, 0.29) is 19.1 Å². The van der Waals surface area contributed by atoms with Crippen LogP contribution in [0, 0.1) is 5.92 Å². The van der Waals surface area contributed by atoms with Gasteiger partial charge in [0, 0.05) is 24.2 Å². The Balaban J connectivity index is 1.77. The number of benzene rings is 1. The molecule has 1 heterocycles. The zero-order valence-electron chi connectivity index (χ0n) is 10.7. The van der Waals surface area contributed by atoms with Crippen LogP contribution in [0.15, 0.2) is 28.7 Å². The number of likely N-dealkylation sites (tertiary alicyclic amines) is 1. The monoisotopic (exact) mass is 327 g/mol. The number of carbonyl (C=O) groups is 1. The molecule has 19 heavy (non-hydrogen) atoms. The van der Waals surface area contributed by atoms with E-state index in [9.17, 15) is 4.79 Å². The molecule has 1 aromatic carbocycles. The lowest BCUT2D eigenvalue weighted by atomic mass is 10.1. The number of amides is 1. The van der Waals surface area contributed by atoms with Crippen LogP contribution < -0.4 is 4.74 Å². The molecule has 104 valence electrons. The van der Waals surface area contributed by atoms with Crippen molar-refractivity contribution in [2.75, 3.05) is 26.3 Å². The first kappa shape index (κ1) is 14.3. The van der Waals surface area contributed by atoms with Crippen molar-refractivity contribution < 1.29 is 14.6 Å². The van der Waals surface area contributed by atoms with Crippen molar-refractivity contribution in [2.45, 2.75) is 12.8 Å². The van der Waals surface area contributed by atoms with Crippen LogP contribution in [0.1, 0.15) is 12.8 Å². The molecule has 1 unspecified atom stereocenters. The van der Waals surface area contributed by atoms with Crippen LogP contribution in [0.5, 0.6) is 5.75 Å². The van der Waals surface area contributed by atoms with E-state index in [0.29, 0.717) is 11.7 Å². The molecule has 2 rings (SSSR count). The van der Waals surface area contributed by atoms with E-state index >= 15 is 0 Å². The average molecular weight is 328 g/mol. The van der Waals surface area contributed by atoms with Gasteiger partial charge in [-0.3, -0.25) is 4.79 Å². The van der Waals surface area contributed by atoms with Gasteiger partial charge in [0.25, 0.3) is 5.91 Å². The molecule has 1 aliphatic heterocycles. The SMILES string of the molecule is O=C(COc1ccc(Br)cc1)N1CCC(CCO)C1. The van der Waals surface area contributed by atoms with Gasteiger partial charge >= 0.3 is 0 Å². The lowest BCUT2D eigenvalue weighted by molar-refractivity contribution is -0.132. The van der Waals surface area contributed by atoms with Crippen LogP contribution in [-0.2, 0) is 4.79 Å². The molecule has 1 saturated heterocycles. The molecule has 0 aliphatic carbocycles. The molecule has 0 spiro atoms. The van der Waals surface area contributed by atoms with Crippen molar-refractivity contribution in [1.82, 2.24) is 4.90 Å². The van der Waals surface area contributed by atoms with Gasteiger partial charge in [-0.05, 0) is 43.0 Å². The highest BCUT2D eigenvalue weighted by molar-refractivity contribution is 9.10. The lowest BCUT2D eigenvalue weighted by Crippen LogP contribution is -2.33. The Morgan fingerprint density at radius 3 is 2.84 bits per heavy atom. The van der Waals surface area contributed by atoms with Crippen molar-refractivity contribution in [3.8, 4) is 5.75 Å². The molecule has 1 aliphatic rings. The summed E-state index contributed by atoms with van der Waals surface area (Å²) in [5.74, 6) is 1.15. The standard InChI is InChI=1S/C14H18BrNO3/c15-12-1-3-13(4-2-12)19-10-14(18)16-7-5-11(9-16)6-8-17/h1-4,11,17H,5-10H2. The topological polar surface area (TPSA) is 49.8 Å². The summed E-state index contributed by atoms with van der Waals surface area (Å²) in [7, 11) is 0. The highest BCUT2D eigenvalue weighted by atomic mass is 79.9. The molecule has 1 N–H and O–H groups in total. The van der Waals surface area contributed by atoms with Crippen LogP contribution in [-0.4, -0.2) is 42.2 Å².